The number of nitrogens with one attached hydrogen (secondary N) is 1. The molecule has 94 valence electrons. The van der Waals surface area contributed by atoms with Crippen LogP contribution in [0.5, 0.6) is 0 Å². The van der Waals surface area contributed by atoms with Crippen LogP contribution in [0.2, 0.25) is 0 Å². The SMILES string of the molecule is CC(CN)CSCC(=O)Nc1cccc(I)c1. The van der Waals surface area contributed by atoms with E-state index >= 15 is 0 Å². The smallest absolute Gasteiger partial charge is 0.234 e. The molecule has 0 spiro atoms. The third kappa shape index (κ3) is 6.28. The zero-order valence-electron chi connectivity index (χ0n) is 9.78. The van der Waals surface area contributed by atoms with Crippen LogP contribution in [0.4, 0.5) is 5.69 Å². The van der Waals surface area contributed by atoms with E-state index in [1.165, 1.54) is 0 Å². The van der Waals surface area contributed by atoms with Gasteiger partial charge in [0.1, 0.15) is 0 Å². The summed E-state index contributed by atoms with van der Waals surface area (Å²) in [6.45, 7) is 2.76. The Kier molecular flexibility index (Phi) is 6.91. The van der Waals surface area contributed by atoms with Crippen LogP contribution < -0.4 is 11.1 Å². The lowest BCUT2D eigenvalue weighted by Crippen LogP contribution is -2.17. The van der Waals surface area contributed by atoms with E-state index in [4.69, 9.17) is 5.73 Å². The molecule has 1 amide bonds. The molecule has 17 heavy (non-hydrogen) atoms. The fraction of sp³-hybridized carbons (Fsp3) is 0.417. The number of carbonyl (C=O) groups is 1. The molecule has 0 fully saturated rings. The van der Waals surface area contributed by atoms with Crippen molar-refractivity contribution in [1.82, 2.24) is 0 Å². The normalized spacial score (nSPS) is 12.2. The molecule has 0 bridgehead atoms. The third-order valence-corrected chi connectivity index (χ3v) is 4.09. The van der Waals surface area contributed by atoms with Crippen molar-refractivity contribution in [3.63, 3.8) is 0 Å². The van der Waals surface area contributed by atoms with E-state index < -0.39 is 0 Å². The highest BCUT2D eigenvalue weighted by Gasteiger charge is 2.05. The van der Waals surface area contributed by atoms with Crippen molar-refractivity contribution in [2.24, 2.45) is 11.7 Å². The molecule has 0 aliphatic heterocycles. The molecule has 1 unspecified atom stereocenters. The van der Waals surface area contributed by atoms with E-state index in [1.807, 2.05) is 24.3 Å². The first-order chi connectivity index (χ1) is 8.11. The van der Waals surface area contributed by atoms with Crippen molar-refractivity contribution in [3.05, 3.63) is 27.8 Å². The van der Waals surface area contributed by atoms with Crippen molar-refractivity contribution in [2.45, 2.75) is 6.92 Å². The Balaban J connectivity index is 2.30. The van der Waals surface area contributed by atoms with Gasteiger partial charge in [-0.15, -0.1) is 0 Å². The molecular formula is C12H17IN2OS. The summed E-state index contributed by atoms with van der Waals surface area (Å²) >= 11 is 3.85. The van der Waals surface area contributed by atoms with Crippen LogP contribution in [0.3, 0.4) is 0 Å². The summed E-state index contributed by atoms with van der Waals surface area (Å²) in [7, 11) is 0. The number of hydrogen-bond donors (Lipinski definition) is 2. The molecule has 0 aromatic heterocycles. The molecule has 0 saturated heterocycles. The maximum atomic E-state index is 11.6. The molecule has 0 saturated carbocycles. The summed E-state index contributed by atoms with van der Waals surface area (Å²) < 4.78 is 1.12. The summed E-state index contributed by atoms with van der Waals surface area (Å²) in [5.74, 6) is 1.91. The van der Waals surface area contributed by atoms with E-state index in [2.05, 4.69) is 34.8 Å². The summed E-state index contributed by atoms with van der Waals surface area (Å²) in [6.07, 6.45) is 0. The first-order valence-electron chi connectivity index (χ1n) is 5.45. The Hall–Kier alpha value is -0.270. The molecule has 0 aliphatic rings. The number of amides is 1. The first kappa shape index (κ1) is 14.8. The lowest BCUT2D eigenvalue weighted by molar-refractivity contribution is -0.113. The van der Waals surface area contributed by atoms with Gasteiger partial charge in [-0.1, -0.05) is 13.0 Å². The number of benzene rings is 1. The van der Waals surface area contributed by atoms with Crippen LogP contribution in [-0.2, 0) is 4.79 Å². The number of anilines is 1. The second-order valence-corrected chi connectivity index (χ2v) is 6.19. The monoisotopic (exact) mass is 364 g/mol. The highest BCUT2D eigenvalue weighted by atomic mass is 127. The molecule has 1 atom stereocenters. The van der Waals surface area contributed by atoms with Crippen molar-refractivity contribution in [2.75, 3.05) is 23.4 Å². The Bertz CT molecular complexity index is 373. The maximum absolute atomic E-state index is 11.6. The Morgan fingerprint density at radius 3 is 3.00 bits per heavy atom. The van der Waals surface area contributed by atoms with Crippen molar-refractivity contribution >= 4 is 45.9 Å². The van der Waals surface area contributed by atoms with Gasteiger partial charge < -0.3 is 11.1 Å². The molecular weight excluding hydrogens is 347 g/mol. The van der Waals surface area contributed by atoms with Gasteiger partial charge in [0.15, 0.2) is 0 Å². The van der Waals surface area contributed by atoms with Gasteiger partial charge in [-0.25, -0.2) is 0 Å². The summed E-state index contributed by atoms with van der Waals surface area (Å²) in [6, 6.07) is 7.77. The highest BCUT2D eigenvalue weighted by molar-refractivity contribution is 14.1. The van der Waals surface area contributed by atoms with Gasteiger partial charge >= 0.3 is 0 Å². The molecule has 3 N–H and O–H groups in total. The zero-order valence-corrected chi connectivity index (χ0v) is 12.8. The number of nitrogens with two attached hydrogens (primary N) is 1. The van der Waals surface area contributed by atoms with Crippen molar-refractivity contribution in [1.29, 1.82) is 0 Å². The number of carbonyl (C=O) groups excluding carboxylic acids is 1. The number of thioether (sulfide) groups is 1. The molecule has 0 heterocycles. The molecule has 3 nitrogen and oxygen atoms in total. The van der Waals surface area contributed by atoms with Gasteiger partial charge in [0.2, 0.25) is 5.91 Å². The molecule has 0 radical (unpaired) electrons. The van der Waals surface area contributed by atoms with Crippen LogP contribution in [0, 0.1) is 9.49 Å². The fourth-order valence-corrected chi connectivity index (χ4v) is 2.64. The summed E-state index contributed by atoms with van der Waals surface area (Å²) in [5.41, 5.74) is 6.37. The van der Waals surface area contributed by atoms with E-state index in [1.54, 1.807) is 11.8 Å². The molecule has 1 rings (SSSR count). The second-order valence-electron chi connectivity index (χ2n) is 3.91. The number of hydrogen-bond acceptors (Lipinski definition) is 3. The van der Waals surface area contributed by atoms with Crippen molar-refractivity contribution in [3.8, 4) is 0 Å². The minimum Gasteiger partial charge on any atom is -0.330 e. The van der Waals surface area contributed by atoms with Gasteiger partial charge in [0.05, 0.1) is 5.75 Å². The van der Waals surface area contributed by atoms with Crippen LogP contribution in [0.15, 0.2) is 24.3 Å². The van der Waals surface area contributed by atoms with Gasteiger partial charge in [0, 0.05) is 9.26 Å². The third-order valence-electron chi connectivity index (χ3n) is 2.15. The standard InChI is InChI=1S/C12H17IN2OS/c1-9(6-14)7-17-8-12(16)15-11-4-2-3-10(13)5-11/h2-5,9H,6-8,14H2,1H3,(H,15,16). The predicted octanol–water partition coefficient (Wildman–Crippen LogP) is 2.56. The summed E-state index contributed by atoms with van der Waals surface area (Å²) in [4.78, 5) is 11.6. The van der Waals surface area contributed by atoms with E-state index in [0.29, 0.717) is 18.2 Å². The largest absolute Gasteiger partial charge is 0.330 e. The Labute approximate surface area is 120 Å². The minimum atomic E-state index is 0.0428. The number of rotatable bonds is 6. The molecule has 0 aliphatic carbocycles. The minimum absolute atomic E-state index is 0.0428. The summed E-state index contributed by atoms with van der Waals surface area (Å²) in [5, 5.41) is 2.88. The predicted molar refractivity (Wildman–Crippen MR) is 83.3 cm³/mol. The van der Waals surface area contributed by atoms with Crippen molar-refractivity contribution < 1.29 is 4.79 Å². The van der Waals surface area contributed by atoms with Crippen LogP contribution in [0.25, 0.3) is 0 Å². The lowest BCUT2D eigenvalue weighted by Gasteiger charge is -2.08. The Morgan fingerprint density at radius 2 is 2.35 bits per heavy atom. The molecule has 1 aromatic carbocycles. The van der Waals surface area contributed by atoms with Gasteiger partial charge in [0.25, 0.3) is 0 Å². The highest BCUT2D eigenvalue weighted by Crippen LogP contribution is 2.13. The number of halogens is 1. The molecule has 5 heteroatoms. The van der Waals surface area contributed by atoms with Crippen LogP contribution >= 0.6 is 34.4 Å². The second kappa shape index (κ2) is 7.94. The lowest BCUT2D eigenvalue weighted by atomic mass is 10.2. The topological polar surface area (TPSA) is 55.1 Å². The van der Waals surface area contributed by atoms with Gasteiger partial charge in [-0.2, -0.15) is 11.8 Å². The maximum Gasteiger partial charge on any atom is 0.234 e. The van der Waals surface area contributed by atoms with Crippen LogP contribution in [0.1, 0.15) is 6.92 Å². The van der Waals surface area contributed by atoms with E-state index in [9.17, 15) is 4.79 Å². The quantitative estimate of drug-likeness (QED) is 0.763. The van der Waals surface area contributed by atoms with E-state index in [-0.39, 0.29) is 5.91 Å². The average molecular weight is 364 g/mol. The van der Waals surface area contributed by atoms with E-state index in [0.717, 1.165) is 15.0 Å². The van der Waals surface area contributed by atoms with Gasteiger partial charge in [-0.3, -0.25) is 4.79 Å². The average Bonchev–Trinajstić information content (AvgIpc) is 2.28. The zero-order chi connectivity index (χ0) is 12.7. The fourth-order valence-electron chi connectivity index (χ4n) is 1.18. The first-order valence-corrected chi connectivity index (χ1v) is 7.68. The van der Waals surface area contributed by atoms with Gasteiger partial charge in [-0.05, 0) is 59.0 Å². The Morgan fingerprint density at radius 1 is 1.59 bits per heavy atom. The van der Waals surface area contributed by atoms with Crippen LogP contribution in [-0.4, -0.2) is 24.0 Å². The molecule has 1 aromatic rings.